The van der Waals surface area contributed by atoms with Gasteiger partial charge in [0.05, 0.1) is 6.10 Å². The Bertz CT molecular complexity index is 309. The number of fused-ring (bicyclic) bond motifs is 2. The molecule has 0 spiro atoms. The molecule has 1 N–H and O–H groups in total. The summed E-state index contributed by atoms with van der Waals surface area (Å²) >= 11 is 0. The van der Waals surface area contributed by atoms with E-state index in [-0.39, 0.29) is 6.10 Å². The summed E-state index contributed by atoms with van der Waals surface area (Å²) in [5.74, 6) is 2.66. The second-order valence-corrected chi connectivity index (χ2v) is 7.80. The summed E-state index contributed by atoms with van der Waals surface area (Å²) in [5.41, 5.74) is 1.10. The maximum Gasteiger partial charge on any atom is 0.0543 e. The summed E-state index contributed by atoms with van der Waals surface area (Å²) in [6.45, 7) is 7.56. The Kier molecular flexibility index (Phi) is 2.63. The molecule has 1 heteroatoms. The maximum absolute atomic E-state index is 9.92. The van der Waals surface area contributed by atoms with Gasteiger partial charge in [0.25, 0.3) is 0 Å². The van der Waals surface area contributed by atoms with Gasteiger partial charge in [-0.05, 0) is 67.1 Å². The van der Waals surface area contributed by atoms with E-state index in [2.05, 4.69) is 20.8 Å². The number of aliphatic hydroxyl groups excluding tert-OH is 1. The third kappa shape index (κ3) is 1.54. The normalized spacial score (nSPS) is 52.9. The van der Waals surface area contributed by atoms with Crippen LogP contribution in [0, 0.1) is 28.6 Å². The molecule has 0 aromatic carbocycles. The first-order chi connectivity index (χ1) is 7.95. The first kappa shape index (κ1) is 12.0. The zero-order chi connectivity index (χ0) is 12.3. The first-order valence-corrected chi connectivity index (χ1v) is 7.63. The largest absolute Gasteiger partial charge is 0.393 e. The van der Waals surface area contributed by atoms with Crippen LogP contribution in [0.15, 0.2) is 0 Å². The van der Waals surface area contributed by atoms with Crippen molar-refractivity contribution in [1.82, 2.24) is 0 Å². The van der Waals surface area contributed by atoms with Crippen molar-refractivity contribution in [2.45, 2.75) is 71.8 Å². The molecule has 0 saturated heterocycles. The molecule has 3 aliphatic carbocycles. The summed E-state index contributed by atoms with van der Waals surface area (Å²) < 4.78 is 0. The second kappa shape index (κ2) is 3.73. The average molecular weight is 236 g/mol. The van der Waals surface area contributed by atoms with Crippen molar-refractivity contribution >= 4 is 0 Å². The molecule has 0 unspecified atom stereocenters. The van der Waals surface area contributed by atoms with E-state index in [9.17, 15) is 5.11 Å². The zero-order valence-electron chi connectivity index (χ0n) is 11.7. The van der Waals surface area contributed by atoms with Crippen molar-refractivity contribution in [3.63, 3.8) is 0 Å². The molecule has 2 bridgehead atoms. The second-order valence-electron chi connectivity index (χ2n) is 7.80. The van der Waals surface area contributed by atoms with Crippen LogP contribution in [0.3, 0.4) is 0 Å². The monoisotopic (exact) mass is 236 g/mol. The van der Waals surface area contributed by atoms with E-state index >= 15 is 0 Å². The van der Waals surface area contributed by atoms with E-state index in [0.29, 0.717) is 10.8 Å². The lowest BCUT2D eigenvalue weighted by Crippen LogP contribution is -2.38. The fourth-order valence-corrected chi connectivity index (χ4v) is 5.54. The number of hydrogen-bond acceptors (Lipinski definition) is 1. The van der Waals surface area contributed by atoms with E-state index < -0.39 is 0 Å². The van der Waals surface area contributed by atoms with Crippen molar-refractivity contribution in [3.05, 3.63) is 0 Å². The maximum atomic E-state index is 9.92. The van der Waals surface area contributed by atoms with Crippen LogP contribution in [0.5, 0.6) is 0 Å². The molecule has 0 radical (unpaired) electrons. The van der Waals surface area contributed by atoms with Gasteiger partial charge in [0.15, 0.2) is 0 Å². The number of aliphatic hydroxyl groups is 1. The van der Waals surface area contributed by atoms with Gasteiger partial charge in [-0.25, -0.2) is 0 Å². The van der Waals surface area contributed by atoms with Crippen LogP contribution < -0.4 is 0 Å². The summed E-state index contributed by atoms with van der Waals surface area (Å²) in [6, 6.07) is 0. The highest BCUT2D eigenvalue weighted by Crippen LogP contribution is 2.70. The quantitative estimate of drug-likeness (QED) is 0.729. The first-order valence-electron chi connectivity index (χ1n) is 7.63. The van der Waals surface area contributed by atoms with E-state index in [1.54, 1.807) is 0 Å². The minimum absolute atomic E-state index is 0.000381. The van der Waals surface area contributed by atoms with E-state index in [0.717, 1.165) is 30.6 Å². The van der Waals surface area contributed by atoms with Gasteiger partial charge in [-0.3, -0.25) is 0 Å². The minimum Gasteiger partial charge on any atom is -0.393 e. The van der Waals surface area contributed by atoms with Gasteiger partial charge in [-0.15, -0.1) is 0 Å². The lowest BCUT2D eigenvalue weighted by atomic mass is 9.61. The fourth-order valence-electron chi connectivity index (χ4n) is 5.54. The molecular weight excluding hydrogens is 208 g/mol. The third-order valence-corrected chi connectivity index (χ3v) is 7.12. The van der Waals surface area contributed by atoms with Crippen LogP contribution >= 0.6 is 0 Å². The summed E-state index contributed by atoms with van der Waals surface area (Å²) in [5, 5.41) is 9.92. The molecule has 17 heavy (non-hydrogen) atoms. The Hall–Kier alpha value is -0.0400. The van der Waals surface area contributed by atoms with Gasteiger partial charge >= 0.3 is 0 Å². The van der Waals surface area contributed by atoms with Crippen LogP contribution in [-0.2, 0) is 0 Å². The van der Waals surface area contributed by atoms with Crippen LogP contribution in [0.2, 0.25) is 0 Å². The zero-order valence-corrected chi connectivity index (χ0v) is 11.7. The standard InChI is InChI=1S/C16H28O/c1-15(2)12-7-8-16(15,3)14(10-12)11-5-4-6-13(17)9-11/h11-14,17H,4-10H2,1-3H3/t11-,12+,13+,14+,16+/m1/s1. The summed E-state index contributed by atoms with van der Waals surface area (Å²) in [4.78, 5) is 0. The van der Waals surface area contributed by atoms with Gasteiger partial charge in [0.2, 0.25) is 0 Å². The molecule has 3 aliphatic rings. The molecule has 0 aromatic rings. The molecule has 0 aliphatic heterocycles. The predicted molar refractivity (Wildman–Crippen MR) is 70.7 cm³/mol. The fraction of sp³-hybridized carbons (Fsp3) is 1.00. The Morgan fingerprint density at radius 1 is 1.00 bits per heavy atom. The molecule has 3 fully saturated rings. The van der Waals surface area contributed by atoms with Crippen molar-refractivity contribution in [3.8, 4) is 0 Å². The van der Waals surface area contributed by atoms with Gasteiger partial charge in [0.1, 0.15) is 0 Å². The van der Waals surface area contributed by atoms with Gasteiger partial charge < -0.3 is 5.11 Å². The van der Waals surface area contributed by atoms with E-state index in [4.69, 9.17) is 0 Å². The SMILES string of the molecule is CC1(C)[C@H]2CC[C@@]1(C)[C@H]([C@@H]1CCC[C@H](O)C1)C2. The van der Waals surface area contributed by atoms with Crippen molar-refractivity contribution in [2.24, 2.45) is 28.6 Å². The van der Waals surface area contributed by atoms with Gasteiger partial charge in [0, 0.05) is 0 Å². The molecular formula is C16H28O. The van der Waals surface area contributed by atoms with E-state index in [1.807, 2.05) is 0 Å². The highest BCUT2D eigenvalue weighted by atomic mass is 16.3. The van der Waals surface area contributed by atoms with Crippen molar-refractivity contribution in [2.75, 3.05) is 0 Å². The molecule has 3 saturated carbocycles. The van der Waals surface area contributed by atoms with Crippen LogP contribution in [0.1, 0.15) is 65.7 Å². The molecule has 98 valence electrons. The predicted octanol–water partition coefficient (Wildman–Crippen LogP) is 4.00. The Balaban J connectivity index is 1.82. The molecule has 5 atom stereocenters. The Labute approximate surface area is 106 Å². The molecule has 1 nitrogen and oxygen atoms in total. The van der Waals surface area contributed by atoms with Crippen molar-refractivity contribution in [1.29, 1.82) is 0 Å². The molecule has 0 aromatic heterocycles. The van der Waals surface area contributed by atoms with Gasteiger partial charge in [-0.2, -0.15) is 0 Å². The third-order valence-electron chi connectivity index (χ3n) is 7.12. The van der Waals surface area contributed by atoms with E-state index in [1.165, 1.54) is 32.1 Å². The highest BCUT2D eigenvalue weighted by molar-refractivity contribution is 5.11. The molecule has 0 amide bonds. The average Bonchev–Trinajstić information content (AvgIpc) is 2.61. The highest BCUT2D eigenvalue weighted by Gasteiger charge is 2.62. The van der Waals surface area contributed by atoms with Crippen LogP contribution in [0.25, 0.3) is 0 Å². The van der Waals surface area contributed by atoms with Gasteiger partial charge in [-0.1, -0.05) is 27.2 Å². The lowest BCUT2D eigenvalue weighted by molar-refractivity contribution is 0.0168. The lowest BCUT2D eigenvalue weighted by Gasteiger charge is -2.44. The smallest absolute Gasteiger partial charge is 0.0543 e. The Morgan fingerprint density at radius 2 is 1.76 bits per heavy atom. The number of rotatable bonds is 1. The summed E-state index contributed by atoms with van der Waals surface area (Å²) in [6.07, 6.45) is 9.09. The number of hydrogen-bond donors (Lipinski definition) is 1. The molecule has 0 heterocycles. The summed E-state index contributed by atoms with van der Waals surface area (Å²) in [7, 11) is 0. The minimum atomic E-state index is -0.000381. The van der Waals surface area contributed by atoms with Crippen LogP contribution in [-0.4, -0.2) is 11.2 Å². The topological polar surface area (TPSA) is 20.2 Å². The molecule has 3 rings (SSSR count). The van der Waals surface area contributed by atoms with Crippen molar-refractivity contribution < 1.29 is 5.11 Å². The van der Waals surface area contributed by atoms with Crippen LogP contribution in [0.4, 0.5) is 0 Å². The Morgan fingerprint density at radius 3 is 2.29 bits per heavy atom.